The Morgan fingerprint density at radius 1 is 1.16 bits per heavy atom. The highest BCUT2D eigenvalue weighted by atomic mass is 15.2. The summed E-state index contributed by atoms with van der Waals surface area (Å²) in [4.78, 5) is 4.49. The van der Waals surface area contributed by atoms with E-state index in [1.54, 1.807) is 0 Å². The van der Waals surface area contributed by atoms with Crippen LogP contribution in [0.5, 0.6) is 0 Å². The maximum Gasteiger partial charge on any atom is 0.181 e. The van der Waals surface area contributed by atoms with Crippen LogP contribution in [-0.2, 0) is 11.8 Å². The lowest BCUT2D eigenvalue weighted by atomic mass is 9.87. The lowest BCUT2D eigenvalue weighted by molar-refractivity contribution is 0.590. The van der Waals surface area contributed by atoms with Crippen molar-refractivity contribution in [3.05, 3.63) is 35.7 Å². The fraction of sp³-hybridized carbons (Fsp3) is 0.467. The third kappa shape index (κ3) is 3.41. The van der Waals surface area contributed by atoms with Crippen LogP contribution in [0, 0.1) is 0 Å². The Morgan fingerprint density at radius 3 is 2.42 bits per heavy atom. The second-order valence-electron chi connectivity index (χ2n) is 5.83. The molecule has 0 amide bonds. The van der Waals surface area contributed by atoms with Crippen LogP contribution in [0.4, 0.5) is 0 Å². The van der Waals surface area contributed by atoms with E-state index in [-0.39, 0.29) is 5.41 Å². The molecule has 0 saturated heterocycles. The van der Waals surface area contributed by atoms with Gasteiger partial charge >= 0.3 is 0 Å². The van der Waals surface area contributed by atoms with Gasteiger partial charge in [0.2, 0.25) is 0 Å². The highest BCUT2D eigenvalue weighted by Gasteiger charge is 2.13. The third-order valence-electron chi connectivity index (χ3n) is 3.16. The number of hydrogen-bond acceptors (Lipinski definition) is 3. The lowest BCUT2D eigenvalue weighted by Gasteiger charge is -2.18. The van der Waals surface area contributed by atoms with Crippen LogP contribution in [0.15, 0.2) is 24.3 Å². The molecule has 102 valence electrons. The largest absolute Gasteiger partial charge is 0.330 e. The van der Waals surface area contributed by atoms with Crippen LogP contribution in [0.1, 0.15) is 38.6 Å². The van der Waals surface area contributed by atoms with E-state index in [4.69, 9.17) is 5.73 Å². The molecule has 0 aliphatic carbocycles. The van der Waals surface area contributed by atoms with Crippen LogP contribution in [-0.4, -0.2) is 21.7 Å². The van der Waals surface area contributed by atoms with Gasteiger partial charge < -0.3 is 5.73 Å². The summed E-state index contributed by atoms with van der Waals surface area (Å²) in [5, 5.41) is 7.22. The molecule has 0 unspecified atom stereocenters. The number of hydrogen-bond donors (Lipinski definition) is 2. The van der Waals surface area contributed by atoms with Crippen LogP contribution < -0.4 is 5.73 Å². The Morgan fingerprint density at radius 2 is 1.84 bits per heavy atom. The van der Waals surface area contributed by atoms with E-state index in [2.05, 4.69) is 60.2 Å². The van der Waals surface area contributed by atoms with E-state index < -0.39 is 0 Å². The summed E-state index contributed by atoms with van der Waals surface area (Å²) in [5.74, 6) is 1.66. The molecule has 0 aliphatic rings. The molecule has 2 aromatic rings. The Kier molecular flexibility index (Phi) is 4.00. The molecule has 1 aromatic carbocycles. The van der Waals surface area contributed by atoms with Crippen LogP contribution in [0.2, 0.25) is 0 Å². The van der Waals surface area contributed by atoms with Gasteiger partial charge in [0.05, 0.1) is 0 Å². The van der Waals surface area contributed by atoms with Crippen molar-refractivity contribution in [1.29, 1.82) is 0 Å². The lowest BCUT2D eigenvalue weighted by Crippen LogP contribution is -2.10. The molecule has 0 saturated carbocycles. The van der Waals surface area contributed by atoms with E-state index in [9.17, 15) is 0 Å². The van der Waals surface area contributed by atoms with Crippen molar-refractivity contribution < 1.29 is 0 Å². The molecule has 19 heavy (non-hydrogen) atoms. The topological polar surface area (TPSA) is 67.6 Å². The van der Waals surface area contributed by atoms with Gasteiger partial charge in [-0.15, -0.1) is 0 Å². The van der Waals surface area contributed by atoms with E-state index in [1.807, 2.05) is 0 Å². The molecular weight excluding hydrogens is 236 g/mol. The average Bonchev–Trinajstić information content (AvgIpc) is 2.84. The summed E-state index contributed by atoms with van der Waals surface area (Å²) < 4.78 is 0. The molecule has 4 nitrogen and oxygen atoms in total. The summed E-state index contributed by atoms with van der Waals surface area (Å²) in [7, 11) is 0. The summed E-state index contributed by atoms with van der Waals surface area (Å²) in [6.45, 7) is 7.30. The van der Waals surface area contributed by atoms with E-state index in [0.717, 1.165) is 30.1 Å². The Bertz CT molecular complexity index is 520. The van der Waals surface area contributed by atoms with Gasteiger partial charge in [-0.05, 0) is 23.9 Å². The molecule has 0 fully saturated rings. The second kappa shape index (κ2) is 5.53. The van der Waals surface area contributed by atoms with Gasteiger partial charge in [0.25, 0.3) is 0 Å². The molecule has 4 heteroatoms. The van der Waals surface area contributed by atoms with E-state index in [0.29, 0.717) is 6.54 Å². The van der Waals surface area contributed by atoms with Crippen molar-refractivity contribution in [3.8, 4) is 11.4 Å². The van der Waals surface area contributed by atoms with Crippen molar-refractivity contribution >= 4 is 0 Å². The van der Waals surface area contributed by atoms with Gasteiger partial charge in [0.15, 0.2) is 5.82 Å². The van der Waals surface area contributed by atoms with Crippen molar-refractivity contribution in [2.45, 2.75) is 39.0 Å². The highest BCUT2D eigenvalue weighted by Crippen LogP contribution is 2.24. The first kappa shape index (κ1) is 13.7. The molecule has 3 N–H and O–H groups in total. The quantitative estimate of drug-likeness (QED) is 0.886. The molecule has 0 aliphatic heterocycles. The number of nitrogens with zero attached hydrogens (tertiary/aromatic N) is 2. The van der Waals surface area contributed by atoms with Crippen molar-refractivity contribution in [2.75, 3.05) is 6.54 Å². The number of nitrogens with two attached hydrogens (primary N) is 1. The molecule has 0 radical (unpaired) electrons. The zero-order valence-electron chi connectivity index (χ0n) is 11.9. The standard InChI is InChI=1S/C15H22N4/c1-15(2,3)12-8-6-11(7-9-12)14-17-13(18-19-14)5-4-10-16/h6-9H,4-5,10,16H2,1-3H3,(H,17,18,19). The molecule has 1 heterocycles. The monoisotopic (exact) mass is 258 g/mol. The minimum absolute atomic E-state index is 0.170. The van der Waals surface area contributed by atoms with Crippen molar-refractivity contribution in [2.24, 2.45) is 5.73 Å². The van der Waals surface area contributed by atoms with Gasteiger partial charge in [-0.1, -0.05) is 45.0 Å². The third-order valence-corrected chi connectivity index (χ3v) is 3.16. The number of rotatable bonds is 4. The molecule has 0 spiro atoms. The zero-order valence-corrected chi connectivity index (χ0v) is 11.9. The molecule has 0 atom stereocenters. The first-order valence-electron chi connectivity index (χ1n) is 6.73. The summed E-state index contributed by atoms with van der Waals surface area (Å²) >= 11 is 0. The van der Waals surface area contributed by atoms with Crippen LogP contribution in [0.25, 0.3) is 11.4 Å². The average molecular weight is 258 g/mol. The van der Waals surface area contributed by atoms with Gasteiger partial charge in [-0.2, -0.15) is 5.10 Å². The number of nitrogens with one attached hydrogen (secondary N) is 1. The first-order valence-corrected chi connectivity index (χ1v) is 6.73. The van der Waals surface area contributed by atoms with Gasteiger partial charge in [0.1, 0.15) is 5.82 Å². The summed E-state index contributed by atoms with van der Waals surface area (Å²) in [5.41, 5.74) is 8.02. The predicted octanol–water partition coefficient (Wildman–Crippen LogP) is 2.66. The minimum atomic E-state index is 0.170. The van der Waals surface area contributed by atoms with Crippen LogP contribution in [0.3, 0.4) is 0 Å². The van der Waals surface area contributed by atoms with Crippen LogP contribution >= 0.6 is 0 Å². The highest BCUT2D eigenvalue weighted by molar-refractivity contribution is 5.55. The Balaban J connectivity index is 2.16. The van der Waals surface area contributed by atoms with E-state index in [1.165, 1.54) is 5.56 Å². The predicted molar refractivity (Wildman–Crippen MR) is 77.9 cm³/mol. The van der Waals surface area contributed by atoms with Gasteiger partial charge in [-0.3, -0.25) is 5.10 Å². The maximum absolute atomic E-state index is 5.49. The fourth-order valence-electron chi connectivity index (χ4n) is 1.93. The number of aromatic amines is 1. The molecular formula is C15H22N4. The zero-order chi connectivity index (χ0) is 13.9. The van der Waals surface area contributed by atoms with Gasteiger partial charge in [-0.25, -0.2) is 4.98 Å². The van der Waals surface area contributed by atoms with Crippen molar-refractivity contribution in [3.63, 3.8) is 0 Å². The smallest absolute Gasteiger partial charge is 0.181 e. The SMILES string of the molecule is CC(C)(C)c1ccc(-c2n[nH]c(CCCN)n2)cc1. The van der Waals surface area contributed by atoms with Crippen molar-refractivity contribution in [1.82, 2.24) is 15.2 Å². The normalized spacial score (nSPS) is 11.8. The summed E-state index contributed by atoms with van der Waals surface area (Å²) in [6.07, 6.45) is 1.78. The summed E-state index contributed by atoms with van der Waals surface area (Å²) in [6, 6.07) is 8.45. The number of H-pyrrole nitrogens is 1. The Labute approximate surface area is 114 Å². The van der Waals surface area contributed by atoms with Gasteiger partial charge in [0, 0.05) is 12.0 Å². The fourth-order valence-corrected chi connectivity index (χ4v) is 1.93. The molecule has 0 bridgehead atoms. The number of aromatic nitrogens is 3. The number of benzene rings is 1. The maximum atomic E-state index is 5.49. The minimum Gasteiger partial charge on any atom is -0.330 e. The first-order chi connectivity index (χ1) is 9.00. The molecule has 2 rings (SSSR count). The second-order valence-corrected chi connectivity index (χ2v) is 5.83. The molecule has 1 aromatic heterocycles. The Hall–Kier alpha value is -1.68. The van der Waals surface area contributed by atoms with E-state index >= 15 is 0 Å². The number of aryl methyl sites for hydroxylation is 1.